The van der Waals surface area contributed by atoms with Crippen molar-refractivity contribution in [2.24, 2.45) is 0 Å². The zero-order valence-corrected chi connectivity index (χ0v) is 19.7. The first kappa shape index (κ1) is 23.1. The Labute approximate surface area is 208 Å². The van der Waals surface area contributed by atoms with Gasteiger partial charge in [-0.1, -0.05) is 41.9 Å². The molecule has 0 spiro atoms. The number of aryl methyl sites for hydroxylation is 1. The van der Waals surface area contributed by atoms with Crippen LogP contribution in [0.25, 0.3) is 0 Å². The highest BCUT2D eigenvalue weighted by molar-refractivity contribution is 6.32. The van der Waals surface area contributed by atoms with Crippen molar-refractivity contribution in [2.45, 2.75) is 24.8 Å². The van der Waals surface area contributed by atoms with Gasteiger partial charge in [-0.15, -0.1) is 0 Å². The van der Waals surface area contributed by atoms with Crippen LogP contribution in [0.1, 0.15) is 23.5 Å². The molecule has 2 atom stereocenters. The molecule has 0 aromatic heterocycles. The molecule has 35 heavy (non-hydrogen) atoms. The highest BCUT2D eigenvalue weighted by atomic mass is 35.5. The number of halogens is 1. The number of amides is 2. The van der Waals surface area contributed by atoms with Crippen molar-refractivity contribution >= 4 is 23.4 Å². The van der Waals surface area contributed by atoms with Crippen LogP contribution in [0.5, 0.6) is 23.0 Å². The summed E-state index contributed by atoms with van der Waals surface area (Å²) in [5.41, 5.74) is 1.82. The summed E-state index contributed by atoms with van der Waals surface area (Å²) >= 11 is 6.13. The van der Waals surface area contributed by atoms with Crippen LogP contribution in [0.4, 0.5) is 0 Å². The SMILES string of the molecule is O=C1CCc2ccc(O)c(c2)Oc2cccc(c2)[C@@H]2CN(C(=O)COc3ccccc3Cl)C[C@H]2N1. The number of hydrogen-bond donors (Lipinski definition) is 2. The van der Waals surface area contributed by atoms with E-state index in [1.54, 1.807) is 47.4 Å². The Balaban J connectivity index is 1.38. The molecule has 0 aliphatic carbocycles. The minimum absolute atomic E-state index is 0.0347. The smallest absolute Gasteiger partial charge is 0.260 e. The highest BCUT2D eigenvalue weighted by Gasteiger charge is 2.37. The van der Waals surface area contributed by atoms with Gasteiger partial charge in [0.15, 0.2) is 18.1 Å². The minimum Gasteiger partial charge on any atom is -0.504 e. The number of fused-ring (bicyclic) bond motifs is 6. The van der Waals surface area contributed by atoms with E-state index in [9.17, 15) is 14.7 Å². The standard InChI is InChI=1S/C27H25ClN2O5/c28-21-6-1-2-7-24(21)34-16-27(33)30-14-20-18-4-3-5-19(13-18)35-25-12-17(8-10-23(25)31)9-11-26(32)29-22(20)15-30/h1-8,10,12-13,20,22,31H,9,11,14-16H2,(H,29,32)/t20-,22+/m0/s1. The van der Waals surface area contributed by atoms with E-state index in [1.165, 1.54) is 0 Å². The van der Waals surface area contributed by atoms with Crippen LogP contribution in [-0.4, -0.2) is 47.6 Å². The first-order valence-corrected chi connectivity index (χ1v) is 11.9. The highest BCUT2D eigenvalue weighted by Crippen LogP contribution is 2.35. The second kappa shape index (κ2) is 9.88. The Morgan fingerprint density at radius 3 is 2.80 bits per heavy atom. The summed E-state index contributed by atoms with van der Waals surface area (Å²) in [6.45, 7) is 0.660. The summed E-state index contributed by atoms with van der Waals surface area (Å²) in [5.74, 6) is 1.01. The first-order valence-electron chi connectivity index (χ1n) is 11.5. The van der Waals surface area contributed by atoms with Gasteiger partial charge >= 0.3 is 0 Å². The van der Waals surface area contributed by atoms with Crippen molar-refractivity contribution in [1.29, 1.82) is 0 Å². The zero-order valence-electron chi connectivity index (χ0n) is 18.9. The maximum absolute atomic E-state index is 13.0. The molecule has 8 heteroatoms. The third kappa shape index (κ3) is 5.20. The van der Waals surface area contributed by atoms with Crippen molar-refractivity contribution in [3.63, 3.8) is 0 Å². The minimum atomic E-state index is -0.251. The molecule has 0 radical (unpaired) electrons. The molecule has 4 bridgehead atoms. The predicted molar refractivity (Wildman–Crippen MR) is 131 cm³/mol. The fraction of sp³-hybridized carbons (Fsp3) is 0.259. The van der Waals surface area contributed by atoms with Crippen LogP contribution >= 0.6 is 11.6 Å². The van der Waals surface area contributed by atoms with Crippen LogP contribution in [0, 0.1) is 0 Å². The lowest BCUT2D eigenvalue weighted by atomic mass is 9.94. The van der Waals surface area contributed by atoms with Crippen molar-refractivity contribution in [3.8, 4) is 23.0 Å². The number of para-hydroxylation sites is 1. The quantitative estimate of drug-likeness (QED) is 0.570. The largest absolute Gasteiger partial charge is 0.504 e. The molecule has 1 saturated heterocycles. The Morgan fingerprint density at radius 2 is 1.94 bits per heavy atom. The van der Waals surface area contributed by atoms with E-state index < -0.39 is 0 Å². The lowest BCUT2D eigenvalue weighted by Gasteiger charge is -2.20. The number of rotatable bonds is 3. The molecular weight excluding hydrogens is 468 g/mol. The van der Waals surface area contributed by atoms with Crippen molar-refractivity contribution in [2.75, 3.05) is 19.7 Å². The maximum Gasteiger partial charge on any atom is 0.260 e. The molecular formula is C27H25ClN2O5. The summed E-state index contributed by atoms with van der Waals surface area (Å²) < 4.78 is 11.6. The van der Waals surface area contributed by atoms with Crippen LogP contribution in [0.2, 0.25) is 5.02 Å². The molecule has 7 nitrogen and oxygen atoms in total. The molecule has 2 aliphatic rings. The first-order chi connectivity index (χ1) is 17.0. The summed E-state index contributed by atoms with van der Waals surface area (Å²) in [6.07, 6.45) is 0.792. The number of benzene rings is 3. The molecule has 1 fully saturated rings. The van der Waals surface area contributed by atoms with Crippen LogP contribution in [-0.2, 0) is 16.0 Å². The number of carbonyl (C=O) groups is 2. The molecule has 3 aromatic carbocycles. The molecule has 0 unspecified atom stereocenters. The fourth-order valence-electron chi connectivity index (χ4n) is 4.55. The fourth-order valence-corrected chi connectivity index (χ4v) is 4.74. The van der Waals surface area contributed by atoms with Crippen LogP contribution < -0.4 is 14.8 Å². The molecule has 2 aliphatic heterocycles. The lowest BCUT2D eigenvalue weighted by Crippen LogP contribution is -2.41. The average molecular weight is 493 g/mol. The van der Waals surface area contributed by atoms with E-state index in [1.807, 2.05) is 24.3 Å². The average Bonchev–Trinajstić information content (AvgIpc) is 3.27. The van der Waals surface area contributed by atoms with Crippen molar-refractivity contribution in [1.82, 2.24) is 10.2 Å². The number of nitrogens with zero attached hydrogens (tertiary/aromatic N) is 1. The molecule has 180 valence electrons. The summed E-state index contributed by atoms with van der Waals surface area (Å²) in [4.78, 5) is 27.5. The van der Waals surface area contributed by atoms with E-state index >= 15 is 0 Å². The Hall–Kier alpha value is -3.71. The Morgan fingerprint density at radius 1 is 1.09 bits per heavy atom. The number of aromatic hydroxyl groups is 1. The van der Waals surface area contributed by atoms with Gasteiger partial charge < -0.3 is 24.8 Å². The topological polar surface area (TPSA) is 88.1 Å². The third-order valence-electron chi connectivity index (χ3n) is 6.39. The second-order valence-electron chi connectivity index (χ2n) is 8.77. The molecule has 2 amide bonds. The summed E-state index contributed by atoms with van der Waals surface area (Å²) in [7, 11) is 0. The van der Waals surface area contributed by atoms with Gasteiger partial charge in [-0.25, -0.2) is 0 Å². The Kier molecular flexibility index (Phi) is 6.51. The molecule has 5 rings (SSSR count). The number of likely N-dealkylation sites (tertiary alicyclic amines) is 1. The van der Waals surface area contributed by atoms with Gasteiger partial charge in [0.25, 0.3) is 5.91 Å². The predicted octanol–water partition coefficient (Wildman–Crippen LogP) is 4.27. The van der Waals surface area contributed by atoms with Gasteiger partial charge in [0.1, 0.15) is 11.5 Å². The molecule has 3 aromatic rings. The van der Waals surface area contributed by atoms with Gasteiger partial charge in [-0.3, -0.25) is 9.59 Å². The number of nitrogens with one attached hydrogen (secondary N) is 1. The van der Waals surface area contributed by atoms with E-state index in [-0.39, 0.29) is 42.6 Å². The maximum atomic E-state index is 13.0. The zero-order chi connectivity index (χ0) is 24.4. The molecule has 2 N–H and O–H groups in total. The molecule has 2 heterocycles. The number of phenolic OH excluding ortho intramolecular Hbond substituents is 1. The van der Waals surface area contributed by atoms with Crippen LogP contribution in [0.3, 0.4) is 0 Å². The van der Waals surface area contributed by atoms with Gasteiger partial charge in [0.05, 0.1) is 11.1 Å². The molecule has 0 saturated carbocycles. The van der Waals surface area contributed by atoms with Gasteiger partial charge in [-0.05, 0) is 53.9 Å². The van der Waals surface area contributed by atoms with Crippen LogP contribution in [0.15, 0.2) is 66.7 Å². The van der Waals surface area contributed by atoms with Crippen molar-refractivity contribution < 1.29 is 24.2 Å². The monoisotopic (exact) mass is 492 g/mol. The van der Waals surface area contributed by atoms with E-state index in [0.717, 1.165) is 11.1 Å². The van der Waals surface area contributed by atoms with Crippen molar-refractivity contribution in [3.05, 3.63) is 82.9 Å². The summed E-state index contributed by atoms with van der Waals surface area (Å²) in [6, 6.07) is 19.4. The van der Waals surface area contributed by atoms with E-state index in [2.05, 4.69) is 5.32 Å². The van der Waals surface area contributed by atoms with Gasteiger partial charge in [0, 0.05) is 25.4 Å². The Bertz CT molecular complexity index is 1260. The number of carbonyl (C=O) groups excluding carboxylic acids is 2. The van der Waals surface area contributed by atoms with E-state index in [0.29, 0.717) is 41.8 Å². The van der Waals surface area contributed by atoms with Gasteiger partial charge in [0.2, 0.25) is 5.91 Å². The summed E-state index contributed by atoms with van der Waals surface area (Å²) in [5, 5.41) is 13.8. The second-order valence-corrected chi connectivity index (χ2v) is 9.18. The lowest BCUT2D eigenvalue weighted by molar-refractivity contribution is -0.132. The van der Waals surface area contributed by atoms with Gasteiger partial charge in [-0.2, -0.15) is 0 Å². The number of hydrogen-bond acceptors (Lipinski definition) is 5. The third-order valence-corrected chi connectivity index (χ3v) is 6.70. The van der Waals surface area contributed by atoms with E-state index in [4.69, 9.17) is 21.1 Å². The number of phenols is 1. The number of ether oxygens (including phenoxy) is 2. The normalized spacial score (nSPS) is 19.3.